The van der Waals surface area contributed by atoms with Crippen LogP contribution in [0.25, 0.3) is 0 Å². The molecule has 0 aromatic rings. The van der Waals surface area contributed by atoms with E-state index in [2.05, 4.69) is 27.7 Å². The number of carbonyl (C=O) groups excluding carboxylic acids is 1. The van der Waals surface area contributed by atoms with Crippen LogP contribution in [-0.4, -0.2) is 5.78 Å². The summed E-state index contributed by atoms with van der Waals surface area (Å²) in [5, 5.41) is 0. The van der Waals surface area contributed by atoms with E-state index in [1.807, 2.05) is 13.8 Å². The van der Waals surface area contributed by atoms with Crippen LogP contribution in [-0.2, 0) is 4.79 Å². The minimum Gasteiger partial charge on any atom is -0.300 e. The number of ketones is 1. The van der Waals surface area contributed by atoms with Crippen LogP contribution in [0.15, 0.2) is 0 Å². The molecule has 0 radical (unpaired) electrons. The molecule has 0 heterocycles. The molecule has 1 nitrogen and oxygen atoms in total. The van der Waals surface area contributed by atoms with Crippen LogP contribution in [0.2, 0.25) is 0 Å². The fourth-order valence-corrected chi connectivity index (χ4v) is 0.864. The summed E-state index contributed by atoms with van der Waals surface area (Å²) in [7, 11) is 0. The molecule has 0 aliphatic carbocycles. The Labute approximate surface area is 84.9 Å². The van der Waals surface area contributed by atoms with Gasteiger partial charge in [-0.25, -0.2) is 0 Å². The molecule has 0 saturated heterocycles. The third-order valence-electron chi connectivity index (χ3n) is 1.56. The van der Waals surface area contributed by atoms with Gasteiger partial charge in [0, 0.05) is 5.92 Å². The molecule has 1 heteroatoms. The van der Waals surface area contributed by atoms with Crippen molar-refractivity contribution >= 4 is 5.78 Å². The molecule has 0 aliphatic rings. The van der Waals surface area contributed by atoms with Crippen LogP contribution in [0, 0.1) is 5.92 Å². The van der Waals surface area contributed by atoms with Gasteiger partial charge in [0.1, 0.15) is 5.78 Å². The first-order chi connectivity index (χ1) is 6.13. The van der Waals surface area contributed by atoms with E-state index < -0.39 is 0 Å². The standard InChI is InChI=1S/C7H14O.C3H8.C2H6/c1-4-7(5-2)6(3)8;1-3-2;1-2/h7H,4-5H2,1-3H3;3H2,1-2H3;1-2H3. The first-order valence-corrected chi connectivity index (χ1v) is 5.64. The van der Waals surface area contributed by atoms with E-state index >= 15 is 0 Å². The van der Waals surface area contributed by atoms with Crippen molar-refractivity contribution < 1.29 is 4.79 Å². The van der Waals surface area contributed by atoms with Gasteiger partial charge in [-0.05, 0) is 19.8 Å². The number of carbonyl (C=O) groups is 1. The van der Waals surface area contributed by atoms with Gasteiger partial charge in [-0.15, -0.1) is 0 Å². The van der Waals surface area contributed by atoms with Gasteiger partial charge in [0.2, 0.25) is 0 Å². The summed E-state index contributed by atoms with van der Waals surface area (Å²) in [5.41, 5.74) is 0. The maximum Gasteiger partial charge on any atom is 0.132 e. The van der Waals surface area contributed by atoms with Crippen molar-refractivity contribution in [1.29, 1.82) is 0 Å². The molecule has 0 atom stereocenters. The molecular formula is C12H28O. The highest BCUT2D eigenvalue weighted by Crippen LogP contribution is 2.06. The molecule has 0 N–H and O–H groups in total. The maximum atomic E-state index is 10.6. The summed E-state index contributed by atoms with van der Waals surface area (Å²) >= 11 is 0. The minimum atomic E-state index is 0.315. The van der Waals surface area contributed by atoms with Crippen molar-refractivity contribution in [1.82, 2.24) is 0 Å². The van der Waals surface area contributed by atoms with Gasteiger partial charge >= 0.3 is 0 Å². The highest BCUT2D eigenvalue weighted by molar-refractivity contribution is 5.78. The lowest BCUT2D eigenvalue weighted by molar-refractivity contribution is -0.120. The molecule has 0 unspecified atom stereocenters. The van der Waals surface area contributed by atoms with Gasteiger partial charge < -0.3 is 0 Å². The Hall–Kier alpha value is -0.330. The molecule has 0 bridgehead atoms. The predicted molar refractivity (Wildman–Crippen MR) is 62.1 cm³/mol. The topological polar surface area (TPSA) is 17.1 Å². The normalized spacial score (nSPS) is 8.00. The van der Waals surface area contributed by atoms with Crippen LogP contribution in [0.3, 0.4) is 0 Å². The Morgan fingerprint density at radius 2 is 1.23 bits per heavy atom. The van der Waals surface area contributed by atoms with Gasteiger partial charge in [-0.3, -0.25) is 4.79 Å². The second-order valence-corrected chi connectivity index (χ2v) is 2.83. The van der Waals surface area contributed by atoms with Crippen molar-refractivity contribution in [3.63, 3.8) is 0 Å². The molecule has 0 aliphatic heterocycles. The molecular weight excluding hydrogens is 160 g/mol. The second-order valence-electron chi connectivity index (χ2n) is 2.83. The summed E-state index contributed by atoms with van der Waals surface area (Å²) in [6.45, 7) is 14.0. The van der Waals surface area contributed by atoms with E-state index in [1.54, 1.807) is 6.92 Å². The van der Waals surface area contributed by atoms with Crippen LogP contribution in [0.4, 0.5) is 0 Å². The first-order valence-electron chi connectivity index (χ1n) is 5.64. The van der Waals surface area contributed by atoms with E-state index in [0.29, 0.717) is 11.7 Å². The Morgan fingerprint density at radius 1 is 1.00 bits per heavy atom. The highest BCUT2D eigenvalue weighted by atomic mass is 16.1. The largest absolute Gasteiger partial charge is 0.300 e. The minimum absolute atomic E-state index is 0.315. The third-order valence-corrected chi connectivity index (χ3v) is 1.56. The third kappa shape index (κ3) is 18.5. The molecule has 0 amide bonds. The van der Waals surface area contributed by atoms with Crippen molar-refractivity contribution in [3.8, 4) is 0 Å². The van der Waals surface area contributed by atoms with Gasteiger partial charge in [0.05, 0.1) is 0 Å². The molecule has 0 saturated carbocycles. The zero-order valence-electron chi connectivity index (χ0n) is 10.6. The molecule has 0 aromatic heterocycles. The van der Waals surface area contributed by atoms with Crippen molar-refractivity contribution in [3.05, 3.63) is 0 Å². The summed E-state index contributed by atoms with van der Waals surface area (Å²) in [5.74, 6) is 0.644. The maximum absolute atomic E-state index is 10.6. The van der Waals surface area contributed by atoms with Crippen molar-refractivity contribution in [2.75, 3.05) is 0 Å². The Bertz CT molecular complexity index is 83.1. The average molecular weight is 188 g/mol. The van der Waals surface area contributed by atoms with Gasteiger partial charge in [-0.1, -0.05) is 48.0 Å². The number of Topliss-reactive ketones (excluding diaryl/α,β-unsaturated/α-hetero) is 1. The van der Waals surface area contributed by atoms with E-state index in [0.717, 1.165) is 12.8 Å². The molecule has 0 rings (SSSR count). The number of hydrogen-bond donors (Lipinski definition) is 0. The molecule has 0 spiro atoms. The summed E-state index contributed by atoms with van der Waals surface area (Å²) < 4.78 is 0. The quantitative estimate of drug-likeness (QED) is 0.639. The van der Waals surface area contributed by atoms with Gasteiger partial charge in [0.15, 0.2) is 0 Å². The van der Waals surface area contributed by atoms with Crippen LogP contribution >= 0.6 is 0 Å². The Kier molecular flexibility index (Phi) is 25.1. The molecule has 82 valence electrons. The zero-order chi connectivity index (χ0) is 11.3. The van der Waals surface area contributed by atoms with Crippen LogP contribution < -0.4 is 0 Å². The fraction of sp³-hybridized carbons (Fsp3) is 0.917. The zero-order valence-corrected chi connectivity index (χ0v) is 10.6. The lowest BCUT2D eigenvalue weighted by Crippen LogP contribution is -2.07. The summed E-state index contributed by atoms with van der Waals surface area (Å²) in [6.07, 6.45) is 3.23. The Morgan fingerprint density at radius 3 is 1.23 bits per heavy atom. The van der Waals surface area contributed by atoms with Gasteiger partial charge in [0.25, 0.3) is 0 Å². The number of rotatable bonds is 3. The van der Waals surface area contributed by atoms with Crippen molar-refractivity contribution in [2.24, 2.45) is 5.92 Å². The Balaban J connectivity index is -0.000000169. The molecule has 13 heavy (non-hydrogen) atoms. The van der Waals surface area contributed by atoms with E-state index in [4.69, 9.17) is 0 Å². The second kappa shape index (κ2) is 17.7. The summed E-state index contributed by atoms with van der Waals surface area (Å²) in [6, 6.07) is 0. The molecule has 0 aromatic carbocycles. The number of hydrogen-bond acceptors (Lipinski definition) is 1. The smallest absolute Gasteiger partial charge is 0.132 e. The lowest BCUT2D eigenvalue weighted by atomic mass is 10.00. The van der Waals surface area contributed by atoms with Crippen LogP contribution in [0.1, 0.15) is 67.7 Å². The van der Waals surface area contributed by atoms with Crippen molar-refractivity contribution in [2.45, 2.75) is 67.7 Å². The van der Waals surface area contributed by atoms with Gasteiger partial charge in [-0.2, -0.15) is 0 Å². The van der Waals surface area contributed by atoms with Crippen LogP contribution in [0.5, 0.6) is 0 Å². The highest BCUT2D eigenvalue weighted by Gasteiger charge is 2.06. The predicted octanol–water partition coefficient (Wildman–Crippen LogP) is 4.45. The monoisotopic (exact) mass is 188 g/mol. The fourth-order valence-electron chi connectivity index (χ4n) is 0.864. The summed E-state index contributed by atoms with van der Waals surface area (Å²) in [4.78, 5) is 10.6. The van der Waals surface area contributed by atoms with E-state index in [1.165, 1.54) is 6.42 Å². The van der Waals surface area contributed by atoms with E-state index in [-0.39, 0.29) is 0 Å². The molecule has 0 fully saturated rings. The SMILES string of the molecule is CC.CCC.CCC(CC)C(C)=O. The first kappa shape index (κ1) is 18.5. The lowest BCUT2D eigenvalue weighted by Gasteiger charge is -2.04. The van der Waals surface area contributed by atoms with E-state index in [9.17, 15) is 4.79 Å². The average Bonchev–Trinajstić information content (AvgIpc) is 2.11.